The van der Waals surface area contributed by atoms with Crippen LogP contribution in [-0.2, 0) is 12.8 Å². The predicted molar refractivity (Wildman–Crippen MR) is 181 cm³/mol. The number of fused-ring (bicyclic) bond motifs is 9. The molecular weight excluding hydrogens is 570 g/mol. The molecule has 10 rings (SSSR count). The second kappa shape index (κ2) is 9.43. The van der Waals surface area contributed by atoms with E-state index in [9.17, 15) is 5.11 Å². The third kappa shape index (κ3) is 3.64. The van der Waals surface area contributed by atoms with Crippen molar-refractivity contribution in [1.29, 1.82) is 0 Å². The lowest BCUT2D eigenvalue weighted by Crippen LogP contribution is -2.06. The Hall–Kier alpha value is -6.14. The van der Waals surface area contributed by atoms with Crippen LogP contribution in [0.2, 0.25) is 0 Å². The van der Waals surface area contributed by atoms with Crippen molar-refractivity contribution < 1.29 is 13.9 Å². The SMILES string of the molecule is Oc1cccc2c1-c1nc(-c3cn(-c4ccc5c(c4)oc4ccccc45)c(-c4cccc5oc6ccccc6c45)n3)ccc1CC2. The number of benzene rings is 5. The number of hydrogen-bond acceptors (Lipinski definition) is 5. The third-order valence-corrected chi connectivity index (χ3v) is 9.26. The minimum atomic E-state index is 0.256. The van der Waals surface area contributed by atoms with Gasteiger partial charge in [0.1, 0.15) is 39.6 Å². The van der Waals surface area contributed by atoms with Crippen molar-refractivity contribution >= 4 is 43.9 Å². The fourth-order valence-corrected chi connectivity index (χ4v) is 7.10. The number of aromatic nitrogens is 3. The first kappa shape index (κ1) is 25.2. The first-order valence-electron chi connectivity index (χ1n) is 15.4. The Morgan fingerprint density at radius 2 is 1.33 bits per heavy atom. The zero-order valence-electron chi connectivity index (χ0n) is 24.6. The second-order valence-electron chi connectivity index (χ2n) is 11.9. The van der Waals surface area contributed by atoms with Gasteiger partial charge in [0.2, 0.25) is 0 Å². The summed E-state index contributed by atoms with van der Waals surface area (Å²) in [7, 11) is 0. The van der Waals surface area contributed by atoms with E-state index in [4.69, 9.17) is 18.8 Å². The Balaban J connectivity index is 1.22. The molecule has 1 aliphatic rings. The van der Waals surface area contributed by atoms with Gasteiger partial charge in [-0.15, -0.1) is 0 Å². The number of rotatable bonds is 3. The number of para-hydroxylation sites is 2. The molecule has 4 aromatic heterocycles. The van der Waals surface area contributed by atoms with Gasteiger partial charge in [0.15, 0.2) is 0 Å². The standard InChI is InChI=1S/C40H25N3O3/c44-32-11-5-7-23-15-16-24-17-20-30(41-39(24)37(23)32)31-22-43(25-18-19-27-26-8-1-3-12-33(26)46-36(27)21-25)40(42-31)29-10-6-14-35-38(29)28-9-2-4-13-34(28)45-35/h1-14,17-22,44H,15-16H2. The topological polar surface area (TPSA) is 77.2 Å². The number of imidazole rings is 1. The quantitative estimate of drug-likeness (QED) is 0.220. The van der Waals surface area contributed by atoms with Crippen LogP contribution in [0.15, 0.2) is 130 Å². The summed E-state index contributed by atoms with van der Waals surface area (Å²) in [6.07, 6.45) is 3.80. The lowest BCUT2D eigenvalue weighted by atomic mass is 9.88. The normalized spacial score (nSPS) is 12.7. The Kier molecular flexibility index (Phi) is 5.17. The van der Waals surface area contributed by atoms with E-state index in [1.807, 2.05) is 66.9 Å². The van der Waals surface area contributed by atoms with E-state index in [0.717, 1.165) is 108 Å². The molecule has 0 saturated carbocycles. The highest BCUT2D eigenvalue weighted by Crippen LogP contribution is 2.41. The number of pyridine rings is 1. The largest absolute Gasteiger partial charge is 0.507 e. The Morgan fingerprint density at radius 3 is 2.24 bits per heavy atom. The van der Waals surface area contributed by atoms with Crippen LogP contribution in [-0.4, -0.2) is 19.6 Å². The van der Waals surface area contributed by atoms with Crippen molar-refractivity contribution in [2.24, 2.45) is 0 Å². The summed E-state index contributed by atoms with van der Waals surface area (Å²) < 4.78 is 14.7. The summed E-state index contributed by atoms with van der Waals surface area (Å²) in [6, 6.07) is 38.5. The van der Waals surface area contributed by atoms with E-state index >= 15 is 0 Å². The van der Waals surface area contributed by atoms with Gasteiger partial charge in [-0.2, -0.15) is 0 Å². The van der Waals surface area contributed by atoms with Crippen LogP contribution in [0.3, 0.4) is 0 Å². The van der Waals surface area contributed by atoms with Crippen LogP contribution in [0.25, 0.3) is 83.6 Å². The molecule has 0 bridgehead atoms. The molecule has 0 unspecified atom stereocenters. The van der Waals surface area contributed by atoms with Crippen LogP contribution >= 0.6 is 0 Å². The van der Waals surface area contributed by atoms with E-state index in [1.54, 1.807) is 6.07 Å². The maximum Gasteiger partial charge on any atom is 0.146 e. The van der Waals surface area contributed by atoms with Crippen LogP contribution in [0, 0.1) is 0 Å². The summed E-state index contributed by atoms with van der Waals surface area (Å²) in [5, 5.41) is 15.0. The van der Waals surface area contributed by atoms with Gasteiger partial charge in [-0.25, -0.2) is 9.97 Å². The smallest absolute Gasteiger partial charge is 0.146 e. The molecule has 1 aliphatic carbocycles. The molecule has 9 aromatic rings. The van der Waals surface area contributed by atoms with Crippen LogP contribution in [0.1, 0.15) is 11.1 Å². The molecule has 6 nitrogen and oxygen atoms in total. The molecule has 0 fully saturated rings. The van der Waals surface area contributed by atoms with E-state index < -0.39 is 0 Å². The predicted octanol–water partition coefficient (Wildman–Crippen LogP) is 9.87. The molecule has 0 aliphatic heterocycles. The molecule has 1 N–H and O–H groups in total. The van der Waals surface area contributed by atoms with Crippen molar-refractivity contribution in [2.45, 2.75) is 12.8 Å². The minimum Gasteiger partial charge on any atom is -0.507 e. The van der Waals surface area contributed by atoms with Gasteiger partial charge >= 0.3 is 0 Å². The number of phenols is 1. The van der Waals surface area contributed by atoms with E-state index in [2.05, 4.69) is 53.1 Å². The molecule has 0 radical (unpaired) electrons. The average molecular weight is 596 g/mol. The summed E-state index contributed by atoms with van der Waals surface area (Å²) in [6.45, 7) is 0. The molecule has 0 amide bonds. The Labute approximate surface area is 262 Å². The fraction of sp³-hybridized carbons (Fsp3) is 0.0500. The third-order valence-electron chi connectivity index (χ3n) is 9.26. The molecular formula is C40H25N3O3. The van der Waals surface area contributed by atoms with Gasteiger partial charge in [-0.05, 0) is 66.4 Å². The summed E-state index contributed by atoms with van der Waals surface area (Å²) >= 11 is 0. The maximum atomic E-state index is 10.8. The lowest BCUT2D eigenvalue weighted by Gasteiger charge is -2.20. The number of hydrogen-bond donors (Lipinski definition) is 1. The number of aryl methyl sites for hydroxylation is 2. The first-order valence-corrected chi connectivity index (χ1v) is 15.4. The number of phenolic OH excluding ortho intramolecular Hbond substituents is 1. The second-order valence-corrected chi connectivity index (χ2v) is 11.9. The molecule has 46 heavy (non-hydrogen) atoms. The number of aromatic hydroxyl groups is 1. The highest BCUT2D eigenvalue weighted by Gasteiger charge is 2.24. The first-order chi connectivity index (χ1) is 22.7. The highest BCUT2D eigenvalue weighted by atomic mass is 16.3. The van der Waals surface area contributed by atoms with Gasteiger partial charge in [0.05, 0.1) is 17.1 Å². The van der Waals surface area contributed by atoms with Crippen molar-refractivity contribution in [3.05, 3.63) is 133 Å². The Morgan fingerprint density at radius 1 is 0.587 bits per heavy atom. The summed E-state index contributed by atoms with van der Waals surface area (Å²) in [5.74, 6) is 1.03. The van der Waals surface area contributed by atoms with E-state index in [0.29, 0.717) is 0 Å². The van der Waals surface area contributed by atoms with Crippen molar-refractivity contribution in [1.82, 2.24) is 14.5 Å². The molecule has 0 spiro atoms. The monoisotopic (exact) mass is 595 g/mol. The number of furan rings is 2. The molecule has 218 valence electrons. The van der Waals surface area contributed by atoms with Crippen LogP contribution < -0.4 is 0 Å². The lowest BCUT2D eigenvalue weighted by molar-refractivity contribution is 0.476. The average Bonchev–Trinajstić information content (AvgIpc) is 3.81. The van der Waals surface area contributed by atoms with Gasteiger partial charge < -0.3 is 13.9 Å². The van der Waals surface area contributed by atoms with Crippen molar-refractivity contribution in [3.8, 4) is 45.5 Å². The van der Waals surface area contributed by atoms with Gasteiger partial charge in [0.25, 0.3) is 0 Å². The fourth-order valence-electron chi connectivity index (χ4n) is 7.10. The maximum absolute atomic E-state index is 10.8. The highest BCUT2D eigenvalue weighted by molar-refractivity contribution is 6.12. The molecule has 0 atom stereocenters. The minimum absolute atomic E-state index is 0.256. The van der Waals surface area contributed by atoms with Gasteiger partial charge in [-0.3, -0.25) is 4.57 Å². The van der Waals surface area contributed by atoms with E-state index in [1.165, 1.54) is 0 Å². The Bertz CT molecular complexity index is 2680. The van der Waals surface area contributed by atoms with Crippen molar-refractivity contribution in [3.63, 3.8) is 0 Å². The molecule has 0 saturated heterocycles. The summed E-state index contributed by atoms with van der Waals surface area (Å²) in [5.41, 5.74) is 10.5. The van der Waals surface area contributed by atoms with E-state index in [-0.39, 0.29) is 5.75 Å². The molecule has 6 heteroatoms. The molecule has 5 aromatic carbocycles. The summed E-state index contributed by atoms with van der Waals surface area (Å²) in [4.78, 5) is 10.4. The van der Waals surface area contributed by atoms with Gasteiger partial charge in [0, 0.05) is 44.9 Å². The van der Waals surface area contributed by atoms with Crippen molar-refractivity contribution in [2.75, 3.05) is 0 Å². The zero-order chi connectivity index (χ0) is 30.4. The van der Waals surface area contributed by atoms with Gasteiger partial charge in [-0.1, -0.05) is 66.7 Å². The van der Waals surface area contributed by atoms with Crippen LogP contribution in [0.5, 0.6) is 5.75 Å². The van der Waals surface area contributed by atoms with Crippen LogP contribution in [0.4, 0.5) is 0 Å². The molecule has 4 heterocycles. The zero-order valence-corrected chi connectivity index (χ0v) is 24.6. The number of nitrogens with zero attached hydrogens (tertiary/aromatic N) is 3.